The van der Waals surface area contributed by atoms with Crippen molar-refractivity contribution >= 4 is 17.5 Å². The number of carbonyl (C=O) groups excluding carboxylic acids is 1. The van der Waals surface area contributed by atoms with Crippen molar-refractivity contribution in [3.8, 4) is 0 Å². The standard InChI is InChI=1S/C35H49NO/c1-2-3-4-5-6-7-8-9-10-11-12-13-14-15-16-19-30-36-33(26-22-31-23-28-34(37)29-24-31)27-25-32-20-17-18-21-35(32)36/h17-18,20-29H,2-16,19,30H2,1H3/b33-26-. The van der Waals surface area contributed by atoms with Gasteiger partial charge in [0.05, 0.1) is 0 Å². The molecule has 2 heteroatoms. The van der Waals surface area contributed by atoms with Crippen molar-refractivity contribution < 1.29 is 4.79 Å². The molecule has 37 heavy (non-hydrogen) atoms. The lowest BCUT2D eigenvalue weighted by molar-refractivity contribution is -0.110. The Morgan fingerprint density at radius 2 is 1.14 bits per heavy atom. The van der Waals surface area contributed by atoms with Gasteiger partial charge in [0, 0.05) is 17.9 Å². The third-order valence-corrected chi connectivity index (χ3v) is 7.53. The molecule has 0 saturated carbocycles. The molecule has 0 fully saturated rings. The zero-order valence-electron chi connectivity index (χ0n) is 23.3. The maximum atomic E-state index is 11.4. The van der Waals surface area contributed by atoms with Gasteiger partial charge >= 0.3 is 0 Å². The van der Waals surface area contributed by atoms with E-state index < -0.39 is 0 Å². The van der Waals surface area contributed by atoms with Crippen LogP contribution in [0.2, 0.25) is 0 Å². The summed E-state index contributed by atoms with van der Waals surface area (Å²) in [5, 5.41) is 0. The fourth-order valence-electron chi connectivity index (χ4n) is 5.25. The van der Waals surface area contributed by atoms with Crippen LogP contribution in [0.15, 0.2) is 78.1 Å². The number of ketones is 1. The number of rotatable bonds is 18. The Balaban J connectivity index is 1.31. The number of hydrogen-bond donors (Lipinski definition) is 0. The number of hydrogen-bond acceptors (Lipinski definition) is 2. The van der Waals surface area contributed by atoms with Crippen LogP contribution < -0.4 is 4.90 Å². The lowest BCUT2D eigenvalue weighted by atomic mass is 10.0. The second-order valence-corrected chi connectivity index (χ2v) is 10.7. The molecule has 2 aliphatic rings. The first-order chi connectivity index (χ1) is 18.3. The number of unbranched alkanes of at least 4 members (excludes halogenated alkanes) is 15. The molecule has 0 atom stereocenters. The first-order valence-electron chi connectivity index (χ1n) is 15.1. The highest BCUT2D eigenvalue weighted by Crippen LogP contribution is 2.31. The summed E-state index contributed by atoms with van der Waals surface area (Å²) in [5.74, 6) is 0.0569. The van der Waals surface area contributed by atoms with Crippen molar-refractivity contribution in [1.82, 2.24) is 0 Å². The quantitative estimate of drug-likeness (QED) is 0.187. The zero-order chi connectivity index (χ0) is 26.0. The van der Waals surface area contributed by atoms with E-state index >= 15 is 0 Å². The highest BCUT2D eigenvalue weighted by atomic mass is 16.1. The first kappa shape index (κ1) is 29.0. The van der Waals surface area contributed by atoms with Gasteiger partial charge in [-0.05, 0) is 47.9 Å². The van der Waals surface area contributed by atoms with Crippen LogP contribution in [0.3, 0.4) is 0 Å². The summed E-state index contributed by atoms with van der Waals surface area (Å²) in [6, 6.07) is 8.67. The zero-order valence-corrected chi connectivity index (χ0v) is 23.3. The largest absolute Gasteiger partial charge is 0.341 e. The summed E-state index contributed by atoms with van der Waals surface area (Å²) in [5.41, 5.74) is 4.85. The van der Waals surface area contributed by atoms with Crippen molar-refractivity contribution in [2.24, 2.45) is 0 Å². The van der Waals surface area contributed by atoms with Crippen molar-refractivity contribution in [2.75, 3.05) is 11.4 Å². The van der Waals surface area contributed by atoms with Crippen LogP contribution in [0.25, 0.3) is 6.08 Å². The summed E-state index contributed by atoms with van der Waals surface area (Å²) in [7, 11) is 0. The number of benzene rings is 1. The molecular formula is C35H49NO. The maximum absolute atomic E-state index is 11.4. The summed E-state index contributed by atoms with van der Waals surface area (Å²) in [6.07, 6.45) is 38.1. The summed E-state index contributed by atoms with van der Waals surface area (Å²) < 4.78 is 0. The highest BCUT2D eigenvalue weighted by molar-refractivity contribution is 6.01. The second kappa shape index (κ2) is 17.8. The van der Waals surface area contributed by atoms with E-state index in [1.807, 2.05) is 12.2 Å². The van der Waals surface area contributed by atoms with E-state index in [9.17, 15) is 4.79 Å². The molecular weight excluding hydrogens is 450 g/mol. The Morgan fingerprint density at radius 3 is 1.73 bits per heavy atom. The molecule has 0 saturated heterocycles. The Hall–Kier alpha value is -2.61. The molecule has 200 valence electrons. The van der Waals surface area contributed by atoms with Crippen LogP contribution in [0, 0.1) is 0 Å². The third kappa shape index (κ3) is 11.1. The molecule has 0 amide bonds. The Morgan fingerprint density at radius 1 is 0.595 bits per heavy atom. The molecule has 0 unspecified atom stereocenters. The van der Waals surface area contributed by atoms with E-state index in [0.717, 1.165) is 12.1 Å². The minimum absolute atomic E-state index is 0.0569. The molecule has 1 heterocycles. The number of nitrogens with zero attached hydrogens (tertiary/aromatic N) is 1. The van der Waals surface area contributed by atoms with Crippen molar-refractivity contribution in [3.63, 3.8) is 0 Å². The van der Waals surface area contributed by atoms with Gasteiger partial charge in [0.15, 0.2) is 5.78 Å². The molecule has 0 spiro atoms. The van der Waals surface area contributed by atoms with Crippen LogP contribution in [-0.4, -0.2) is 12.3 Å². The van der Waals surface area contributed by atoms with E-state index in [0.29, 0.717) is 0 Å². The number of carbonyl (C=O) groups is 1. The fourth-order valence-corrected chi connectivity index (χ4v) is 5.25. The molecule has 0 bridgehead atoms. The van der Waals surface area contributed by atoms with Crippen molar-refractivity contribution in [1.29, 1.82) is 0 Å². The van der Waals surface area contributed by atoms with Gasteiger partial charge in [-0.25, -0.2) is 0 Å². The van der Waals surface area contributed by atoms with Gasteiger partial charge < -0.3 is 4.90 Å². The molecule has 1 aromatic carbocycles. The molecule has 0 radical (unpaired) electrons. The van der Waals surface area contributed by atoms with E-state index in [-0.39, 0.29) is 5.78 Å². The Bertz CT molecular complexity index is 943. The monoisotopic (exact) mass is 499 g/mol. The average Bonchev–Trinajstić information content (AvgIpc) is 2.93. The second-order valence-electron chi connectivity index (χ2n) is 10.7. The van der Waals surface area contributed by atoms with E-state index in [1.54, 1.807) is 12.2 Å². The minimum atomic E-state index is 0.0569. The maximum Gasteiger partial charge on any atom is 0.178 e. The first-order valence-corrected chi connectivity index (χ1v) is 15.1. The van der Waals surface area contributed by atoms with Crippen LogP contribution >= 0.6 is 0 Å². The number of anilines is 1. The van der Waals surface area contributed by atoms with E-state index in [4.69, 9.17) is 0 Å². The normalized spacial score (nSPS) is 15.6. The molecule has 0 N–H and O–H groups in total. The number of para-hydroxylation sites is 1. The molecule has 1 aliphatic carbocycles. The van der Waals surface area contributed by atoms with Crippen molar-refractivity contribution in [2.45, 2.75) is 110 Å². The SMILES string of the molecule is CCCCCCCCCCCCCCCCCCN1/C(=C\C=C2C=CC(=O)C=C2)C=Cc2ccccc21. The lowest BCUT2D eigenvalue weighted by Gasteiger charge is -2.30. The van der Waals surface area contributed by atoms with Gasteiger partial charge in [-0.1, -0.05) is 146 Å². The topological polar surface area (TPSA) is 20.3 Å². The highest BCUT2D eigenvalue weighted by Gasteiger charge is 2.16. The van der Waals surface area contributed by atoms with E-state index in [1.165, 1.54) is 120 Å². The fraction of sp³-hybridized carbons (Fsp3) is 0.514. The average molecular weight is 500 g/mol. The van der Waals surface area contributed by atoms with E-state index in [2.05, 4.69) is 60.4 Å². The molecule has 1 aliphatic heterocycles. The van der Waals surface area contributed by atoms with Gasteiger partial charge in [-0.15, -0.1) is 0 Å². The predicted octanol–water partition coefficient (Wildman–Crippen LogP) is 10.3. The Kier molecular flexibility index (Phi) is 13.9. The minimum Gasteiger partial charge on any atom is -0.341 e. The lowest BCUT2D eigenvalue weighted by Crippen LogP contribution is -2.25. The smallest absolute Gasteiger partial charge is 0.178 e. The Labute approximate surface area is 226 Å². The van der Waals surface area contributed by atoms with Crippen LogP contribution in [0.1, 0.15) is 115 Å². The molecule has 2 nitrogen and oxygen atoms in total. The number of allylic oxidation sites excluding steroid dienone is 8. The summed E-state index contributed by atoms with van der Waals surface area (Å²) in [6.45, 7) is 3.33. The van der Waals surface area contributed by atoms with Gasteiger partial charge in [0.2, 0.25) is 0 Å². The van der Waals surface area contributed by atoms with Crippen LogP contribution in [0.5, 0.6) is 0 Å². The molecule has 0 aromatic heterocycles. The van der Waals surface area contributed by atoms with Gasteiger partial charge in [0.25, 0.3) is 0 Å². The summed E-state index contributed by atoms with van der Waals surface area (Å²) >= 11 is 0. The number of fused-ring (bicyclic) bond motifs is 1. The molecule has 1 aromatic rings. The third-order valence-electron chi connectivity index (χ3n) is 7.53. The van der Waals surface area contributed by atoms with Gasteiger partial charge in [0.1, 0.15) is 0 Å². The van der Waals surface area contributed by atoms with Gasteiger partial charge in [-0.2, -0.15) is 0 Å². The van der Waals surface area contributed by atoms with Crippen LogP contribution in [0.4, 0.5) is 5.69 Å². The predicted molar refractivity (Wildman–Crippen MR) is 162 cm³/mol. The molecule has 3 rings (SSSR count). The van der Waals surface area contributed by atoms with Crippen molar-refractivity contribution in [3.05, 3.63) is 83.6 Å². The van der Waals surface area contributed by atoms with Gasteiger partial charge in [-0.3, -0.25) is 4.79 Å². The summed E-state index contributed by atoms with van der Waals surface area (Å²) in [4.78, 5) is 13.9. The van der Waals surface area contributed by atoms with Crippen LogP contribution in [-0.2, 0) is 4.79 Å².